The SMILES string of the molecule is Br.Cc1cc(C)c(OCCCON2C(N)=NC(N)=NC2(C)C)c(C)c1. The number of nitrogens with two attached hydrogens (primary N) is 2. The fraction of sp³-hybridized carbons (Fsp3) is 0.529. The summed E-state index contributed by atoms with van der Waals surface area (Å²) in [5, 5.41) is 1.48. The van der Waals surface area contributed by atoms with Gasteiger partial charge in [0.05, 0.1) is 13.2 Å². The Morgan fingerprint density at radius 2 is 1.68 bits per heavy atom. The molecular weight excluding hydrogens is 386 g/mol. The van der Waals surface area contributed by atoms with Crippen molar-refractivity contribution in [1.29, 1.82) is 0 Å². The third-order valence-electron chi connectivity index (χ3n) is 3.68. The van der Waals surface area contributed by atoms with Gasteiger partial charge in [-0.25, -0.2) is 4.99 Å². The second-order valence-corrected chi connectivity index (χ2v) is 6.49. The number of guanidine groups is 2. The molecule has 1 aliphatic heterocycles. The second kappa shape index (κ2) is 8.53. The molecule has 1 aromatic carbocycles. The number of hydrogen-bond acceptors (Lipinski definition) is 7. The summed E-state index contributed by atoms with van der Waals surface area (Å²) in [6.07, 6.45) is 0.714. The lowest BCUT2D eigenvalue weighted by molar-refractivity contribution is -0.158. The minimum Gasteiger partial charge on any atom is -0.493 e. The van der Waals surface area contributed by atoms with Gasteiger partial charge in [0.15, 0.2) is 5.66 Å². The van der Waals surface area contributed by atoms with Crippen molar-refractivity contribution < 1.29 is 9.57 Å². The minimum absolute atomic E-state index is 0. The molecule has 0 unspecified atom stereocenters. The number of ether oxygens (including phenoxy) is 1. The Hall–Kier alpha value is -1.80. The van der Waals surface area contributed by atoms with Gasteiger partial charge in [-0.3, -0.25) is 4.84 Å². The van der Waals surface area contributed by atoms with Gasteiger partial charge in [-0.2, -0.15) is 10.1 Å². The molecule has 2 rings (SSSR count). The molecule has 7 nitrogen and oxygen atoms in total. The third-order valence-corrected chi connectivity index (χ3v) is 3.68. The number of rotatable bonds is 6. The molecule has 140 valence electrons. The zero-order valence-corrected chi connectivity index (χ0v) is 17.2. The molecule has 8 heteroatoms. The van der Waals surface area contributed by atoms with Gasteiger partial charge in [-0.1, -0.05) is 17.7 Å². The second-order valence-electron chi connectivity index (χ2n) is 6.49. The van der Waals surface area contributed by atoms with Crippen molar-refractivity contribution in [3.63, 3.8) is 0 Å². The number of benzene rings is 1. The largest absolute Gasteiger partial charge is 0.493 e. The minimum atomic E-state index is -0.680. The van der Waals surface area contributed by atoms with Crippen LogP contribution in [0.1, 0.15) is 37.0 Å². The van der Waals surface area contributed by atoms with Crippen molar-refractivity contribution in [2.75, 3.05) is 13.2 Å². The fourth-order valence-corrected chi connectivity index (χ4v) is 2.80. The molecule has 1 aromatic rings. The topological polar surface area (TPSA) is 98.5 Å². The van der Waals surface area contributed by atoms with Crippen LogP contribution in [0, 0.1) is 20.8 Å². The van der Waals surface area contributed by atoms with E-state index in [9.17, 15) is 0 Å². The maximum Gasteiger partial charge on any atom is 0.226 e. The van der Waals surface area contributed by atoms with Crippen LogP contribution in [0.2, 0.25) is 0 Å². The third kappa shape index (κ3) is 5.34. The normalized spacial score (nSPS) is 16.0. The monoisotopic (exact) mass is 413 g/mol. The Labute approximate surface area is 159 Å². The lowest BCUT2D eigenvalue weighted by atomic mass is 10.1. The summed E-state index contributed by atoms with van der Waals surface area (Å²) in [4.78, 5) is 13.9. The van der Waals surface area contributed by atoms with Gasteiger partial charge in [-0.15, -0.1) is 17.0 Å². The molecule has 0 atom stereocenters. The van der Waals surface area contributed by atoms with E-state index in [0.29, 0.717) is 19.6 Å². The van der Waals surface area contributed by atoms with E-state index in [0.717, 1.165) is 16.9 Å². The number of hydroxylamine groups is 2. The van der Waals surface area contributed by atoms with Gasteiger partial charge in [0.25, 0.3) is 0 Å². The number of aliphatic imine (C=N–C) groups is 2. The zero-order valence-electron chi connectivity index (χ0n) is 15.5. The first-order valence-electron chi connectivity index (χ1n) is 8.04. The highest BCUT2D eigenvalue weighted by Crippen LogP contribution is 2.25. The number of halogens is 1. The molecule has 0 spiro atoms. The molecule has 1 aliphatic rings. The van der Waals surface area contributed by atoms with Crippen LogP contribution < -0.4 is 16.2 Å². The van der Waals surface area contributed by atoms with Crippen LogP contribution in [-0.2, 0) is 4.84 Å². The summed E-state index contributed by atoms with van der Waals surface area (Å²) < 4.78 is 5.90. The first-order valence-corrected chi connectivity index (χ1v) is 8.04. The summed E-state index contributed by atoms with van der Waals surface area (Å²) in [6, 6.07) is 4.24. The Bertz CT molecular complexity index is 650. The molecule has 0 bridgehead atoms. The molecule has 0 saturated heterocycles. The smallest absolute Gasteiger partial charge is 0.226 e. The lowest BCUT2D eigenvalue weighted by Crippen LogP contribution is -2.53. The van der Waals surface area contributed by atoms with E-state index in [4.69, 9.17) is 21.0 Å². The van der Waals surface area contributed by atoms with Gasteiger partial charge in [0.1, 0.15) is 5.75 Å². The van der Waals surface area contributed by atoms with E-state index in [1.54, 1.807) is 0 Å². The number of nitrogens with zero attached hydrogens (tertiary/aromatic N) is 3. The van der Waals surface area contributed by atoms with Crippen LogP contribution in [0.4, 0.5) is 0 Å². The lowest BCUT2D eigenvalue weighted by Gasteiger charge is -2.36. The van der Waals surface area contributed by atoms with Gasteiger partial charge in [0.2, 0.25) is 11.9 Å². The summed E-state index contributed by atoms with van der Waals surface area (Å²) in [6.45, 7) is 10.9. The molecular formula is C17H28BrN5O2. The van der Waals surface area contributed by atoms with Crippen molar-refractivity contribution in [2.24, 2.45) is 21.5 Å². The highest BCUT2D eigenvalue weighted by molar-refractivity contribution is 8.93. The Balaban J connectivity index is 0.00000312. The highest BCUT2D eigenvalue weighted by Gasteiger charge is 2.32. The Morgan fingerprint density at radius 1 is 1.08 bits per heavy atom. The van der Waals surface area contributed by atoms with E-state index in [1.165, 1.54) is 10.6 Å². The summed E-state index contributed by atoms with van der Waals surface area (Å²) in [7, 11) is 0. The first-order chi connectivity index (χ1) is 11.2. The maximum atomic E-state index is 5.90. The molecule has 0 fully saturated rings. The van der Waals surface area contributed by atoms with Crippen molar-refractivity contribution in [3.8, 4) is 5.75 Å². The van der Waals surface area contributed by atoms with Crippen LogP contribution >= 0.6 is 17.0 Å². The van der Waals surface area contributed by atoms with Gasteiger partial charge in [0, 0.05) is 6.42 Å². The van der Waals surface area contributed by atoms with E-state index in [2.05, 4.69) is 42.9 Å². The van der Waals surface area contributed by atoms with E-state index in [-0.39, 0.29) is 28.9 Å². The van der Waals surface area contributed by atoms with Crippen molar-refractivity contribution >= 4 is 28.9 Å². The van der Waals surface area contributed by atoms with Gasteiger partial charge >= 0.3 is 0 Å². The molecule has 0 amide bonds. The molecule has 1 heterocycles. The zero-order chi connectivity index (χ0) is 17.9. The van der Waals surface area contributed by atoms with Crippen LogP contribution in [0.5, 0.6) is 5.75 Å². The molecule has 0 aliphatic carbocycles. The quantitative estimate of drug-likeness (QED) is 0.698. The van der Waals surface area contributed by atoms with Crippen LogP contribution in [0.25, 0.3) is 0 Å². The summed E-state index contributed by atoms with van der Waals surface area (Å²) >= 11 is 0. The van der Waals surface area contributed by atoms with Crippen LogP contribution in [-0.4, -0.2) is 35.9 Å². The maximum absolute atomic E-state index is 5.90. The fourth-order valence-electron chi connectivity index (χ4n) is 2.80. The van der Waals surface area contributed by atoms with E-state index in [1.807, 2.05) is 13.8 Å². The Kier molecular flexibility index (Phi) is 7.25. The van der Waals surface area contributed by atoms with Crippen LogP contribution in [0.15, 0.2) is 22.1 Å². The molecule has 4 N–H and O–H groups in total. The molecule has 25 heavy (non-hydrogen) atoms. The predicted octanol–water partition coefficient (Wildman–Crippen LogP) is 2.57. The van der Waals surface area contributed by atoms with Crippen molar-refractivity contribution in [2.45, 2.75) is 46.7 Å². The molecule has 0 saturated carbocycles. The number of aryl methyl sites for hydroxylation is 3. The predicted molar refractivity (Wildman–Crippen MR) is 106 cm³/mol. The van der Waals surface area contributed by atoms with Crippen molar-refractivity contribution in [1.82, 2.24) is 5.06 Å². The highest BCUT2D eigenvalue weighted by atomic mass is 79.9. The van der Waals surface area contributed by atoms with Gasteiger partial charge in [-0.05, 0) is 45.7 Å². The molecule has 0 radical (unpaired) electrons. The van der Waals surface area contributed by atoms with Gasteiger partial charge < -0.3 is 16.2 Å². The average Bonchev–Trinajstić information content (AvgIpc) is 2.42. The van der Waals surface area contributed by atoms with Crippen LogP contribution in [0.3, 0.4) is 0 Å². The standard InChI is InChI=1S/C17H27N5O2.BrH/c1-11-9-12(2)14(13(3)10-11)23-7-6-8-24-22-16(19)20-15(18)21-17(22,4)5;/h9-10H,6-8H2,1-5H3,(H4,18,19,20,21);1H. The Morgan fingerprint density at radius 3 is 2.24 bits per heavy atom. The van der Waals surface area contributed by atoms with E-state index >= 15 is 0 Å². The average molecular weight is 414 g/mol. The first kappa shape index (κ1) is 21.2. The summed E-state index contributed by atoms with van der Waals surface area (Å²) in [5.41, 5.74) is 14.3. The van der Waals surface area contributed by atoms with Crippen molar-refractivity contribution in [3.05, 3.63) is 28.8 Å². The molecule has 0 aromatic heterocycles. The summed E-state index contributed by atoms with van der Waals surface area (Å²) in [5.74, 6) is 1.31. The van der Waals surface area contributed by atoms with E-state index < -0.39 is 5.66 Å². The number of hydrogen-bond donors (Lipinski definition) is 2.